The number of hydrogen-bond donors (Lipinski definition) is 2. The number of carbonyl (C=O) groups is 1. The monoisotopic (exact) mass is 316 g/mol. The van der Waals surface area contributed by atoms with Crippen molar-refractivity contribution in [3.63, 3.8) is 0 Å². The number of nitro groups is 1. The molecule has 0 saturated carbocycles. The van der Waals surface area contributed by atoms with Crippen LogP contribution in [0.15, 0.2) is 32.8 Å². The first-order valence-electron chi connectivity index (χ1n) is 7.02. The van der Waals surface area contributed by atoms with Crippen LogP contribution in [0.25, 0.3) is 0 Å². The Labute approximate surface area is 128 Å². The minimum atomic E-state index is -0.654. The van der Waals surface area contributed by atoms with E-state index in [1.807, 2.05) is 0 Å². The van der Waals surface area contributed by atoms with Gasteiger partial charge in [0.2, 0.25) is 0 Å². The molecule has 2 N–H and O–H groups in total. The van der Waals surface area contributed by atoms with Crippen LogP contribution in [0.1, 0.15) is 29.9 Å². The Morgan fingerprint density at radius 3 is 2.87 bits per heavy atom. The second-order valence-corrected chi connectivity index (χ2v) is 5.61. The summed E-state index contributed by atoms with van der Waals surface area (Å²) in [6, 6.07) is 1.27. The van der Waals surface area contributed by atoms with Gasteiger partial charge in [0.1, 0.15) is 17.0 Å². The maximum atomic E-state index is 12.3. The Hall–Kier alpha value is -3.10. The molecule has 4 rings (SSSR count). The van der Waals surface area contributed by atoms with Gasteiger partial charge in [-0.15, -0.1) is 0 Å². The summed E-state index contributed by atoms with van der Waals surface area (Å²) in [4.78, 5) is 34.8. The summed E-state index contributed by atoms with van der Waals surface area (Å²) >= 11 is 0. The minimum Gasteiger partial charge on any atom is -0.409 e. The van der Waals surface area contributed by atoms with E-state index >= 15 is 0 Å². The number of anilines is 1. The number of fused-ring (bicyclic) bond motifs is 1. The number of aryl methyl sites for hydroxylation is 1. The average Bonchev–Trinajstić information content (AvgIpc) is 3.18. The number of ketones is 1. The van der Waals surface area contributed by atoms with E-state index in [2.05, 4.69) is 10.4 Å². The smallest absolute Gasteiger partial charge is 0.409 e. The first kappa shape index (κ1) is 13.6. The van der Waals surface area contributed by atoms with Crippen molar-refractivity contribution in [2.45, 2.75) is 18.8 Å². The number of nitrogens with one attached hydrogen (secondary N) is 2. The van der Waals surface area contributed by atoms with Gasteiger partial charge in [0.05, 0.1) is 17.5 Å². The lowest BCUT2D eigenvalue weighted by Gasteiger charge is -2.24. The molecule has 3 heterocycles. The highest BCUT2D eigenvalue weighted by atomic mass is 16.6. The van der Waals surface area contributed by atoms with Crippen molar-refractivity contribution in [3.8, 4) is 0 Å². The molecule has 9 heteroatoms. The molecule has 1 unspecified atom stereocenters. The maximum absolute atomic E-state index is 12.3. The van der Waals surface area contributed by atoms with E-state index in [4.69, 9.17) is 4.42 Å². The van der Waals surface area contributed by atoms with E-state index in [0.29, 0.717) is 35.4 Å². The van der Waals surface area contributed by atoms with E-state index < -0.39 is 16.7 Å². The third-order valence-electron chi connectivity index (χ3n) is 4.30. The summed E-state index contributed by atoms with van der Waals surface area (Å²) < 4.78 is 6.50. The van der Waals surface area contributed by atoms with Crippen LogP contribution in [0, 0.1) is 10.1 Å². The zero-order valence-electron chi connectivity index (χ0n) is 12.1. The number of hydrogen-bond acceptors (Lipinski definition) is 6. The molecule has 1 aliphatic carbocycles. The van der Waals surface area contributed by atoms with Crippen LogP contribution in [0.3, 0.4) is 0 Å². The topological polar surface area (TPSA) is 123 Å². The normalized spacial score (nSPS) is 19.5. The third kappa shape index (κ3) is 1.79. The average molecular weight is 316 g/mol. The fraction of sp³-hybridized carbons (Fsp3) is 0.286. The number of allylic oxidation sites excluding steroid dienone is 2. The fourth-order valence-corrected chi connectivity index (χ4v) is 3.32. The standard InChI is InChI=1S/C14H12N4O5/c1-17-13-12(14(20)16-17)10(6-4-9(18(21)22)23-5-6)11-7(15-13)2-3-8(11)19/h4-5,10,15H,2-3H2,1H3,(H,16,20). The number of H-pyrrole nitrogens is 1. The largest absolute Gasteiger partial charge is 0.433 e. The van der Waals surface area contributed by atoms with Crippen molar-refractivity contribution in [3.05, 3.63) is 55.2 Å². The van der Waals surface area contributed by atoms with E-state index in [1.54, 1.807) is 11.7 Å². The third-order valence-corrected chi connectivity index (χ3v) is 4.30. The predicted octanol–water partition coefficient (Wildman–Crippen LogP) is 1.39. The van der Waals surface area contributed by atoms with Crippen LogP contribution in [0.2, 0.25) is 0 Å². The van der Waals surface area contributed by atoms with Crippen LogP contribution >= 0.6 is 0 Å². The molecule has 0 aromatic carbocycles. The Kier molecular flexibility index (Phi) is 2.62. The maximum Gasteiger partial charge on any atom is 0.433 e. The van der Waals surface area contributed by atoms with Gasteiger partial charge in [0.25, 0.3) is 5.56 Å². The molecule has 0 bridgehead atoms. The lowest BCUT2D eigenvalue weighted by atomic mass is 9.84. The minimum absolute atomic E-state index is 0.0599. The Bertz CT molecular complexity index is 945. The summed E-state index contributed by atoms with van der Waals surface area (Å²) in [5, 5.41) is 16.6. The fourth-order valence-electron chi connectivity index (χ4n) is 3.32. The first-order valence-corrected chi connectivity index (χ1v) is 7.02. The van der Waals surface area contributed by atoms with Crippen LogP contribution in [0.5, 0.6) is 0 Å². The molecule has 118 valence electrons. The second-order valence-electron chi connectivity index (χ2n) is 5.61. The summed E-state index contributed by atoms with van der Waals surface area (Å²) in [5.41, 5.74) is 1.71. The summed E-state index contributed by atoms with van der Waals surface area (Å²) in [6.07, 6.45) is 2.16. The highest BCUT2D eigenvalue weighted by Gasteiger charge is 2.41. The van der Waals surface area contributed by atoms with Crippen LogP contribution in [-0.4, -0.2) is 20.5 Å². The lowest BCUT2D eigenvalue weighted by molar-refractivity contribution is -0.402. The Balaban J connectivity index is 1.96. The van der Waals surface area contributed by atoms with Gasteiger partial charge in [0.15, 0.2) is 5.78 Å². The summed E-state index contributed by atoms with van der Waals surface area (Å²) in [6.45, 7) is 0. The first-order chi connectivity index (χ1) is 11.0. The van der Waals surface area contributed by atoms with Gasteiger partial charge in [0, 0.05) is 30.3 Å². The highest BCUT2D eigenvalue weighted by molar-refractivity contribution is 6.02. The Morgan fingerprint density at radius 1 is 1.39 bits per heavy atom. The molecule has 2 aromatic heterocycles. The molecule has 0 amide bonds. The Morgan fingerprint density at radius 2 is 2.17 bits per heavy atom. The van der Waals surface area contributed by atoms with Crippen molar-refractivity contribution >= 4 is 17.5 Å². The molecule has 1 aliphatic heterocycles. The van der Waals surface area contributed by atoms with Crippen molar-refractivity contribution < 1.29 is 14.1 Å². The summed E-state index contributed by atoms with van der Waals surface area (Å²) in [5.74, 6) is -0.564. The number of Topliss-reactive ketones (excluding diaryl/α,β-unsaturated/α-hetero) is 1. The van der Waals surface area contributed by atoms with Gasteiger partial charge < -0.3 is 9.73 Å². The second kappa shape index (κ2) is 4.45. The molecule has 0 spiro atoms. The predicted molar refractivity (Wildman–Crippen MR) is 78.1 cm³/mol. The van der Waals surface area contributed by atoms with Gasteiger partial charge in [-0.05, 0) is 6.42 Å². The van der Waals surface area contributed by atoms with Crippen molar-refractivity contribution in [2.75, 3.05) is 5.32 Å². The molecular weight excluding hydrogens is 304 g/mol. The van der Waals surface area contributed by atoms with E-state index in [-0.39, 0.29) is 11.3 Å². The molecule has 0 saturated heterocycles. The van der Waals surface area contributed by atoms with Crippen molar-refractivity contribution in [1.29, 1.82) is 0 Å². The highest BCUT2D eigenvalue weighted by Crippen LogP contribution is 2.45. The van der Waals surface area contributed by atoms with E-state index in [0.717, 1.165) is 5.70 Å². The zero-order valence-corrected chi connectivity index (χ0v) is 12.1. The van der Waals surface area contributed by atoms with Gasteiger partial charge in [-0.2, -0.15) is 0 Å². The van der Waals surface area contributed by atoms with Gasteiger partial charge in [-0.25, -0.2) is 0 Å². The molecular formula is C14H12N4O5. The molecule has 23 heavy (non-hydrogen) atoms. The van der Waals surface area contributed by atoms with Crippen LogP contribution < -0.4 is 10.9 Å². The number of furan rings is 1. The number of aromatic amines is 1. The van der Waals surface area contributed by atoms with Gasteiger partial charge in [-0.3, -0.25) is 29.5 Å². The quantitative estimate of drug-likeness (QED) is 0.637. The van der Waals surface area contributed by atoms with Gasteiger partial charge >= 0.3 is 5.88 Å². The zero-order chi connectivity index (χ0) is 16.3. The number of nitrogens with zero attached hydrogens (tertiary/aromatic N) is 2. The van der Waals surface area contributed by atoms with Crippen LogP contribution in [0.4, 0.5) is 11.7 Å². The number of rotatable bonds is 2. The van der Waals surface area contributed by atoms with E-state index in [1.165, 1.54) is 12.3 Å². The molecule has 0 fully saturated rings. The molecule has 2 aliphatic rings. The molecule has 9 nitrogen and oxygen atoms in total. The number of aromatic nitrogens is 2. The lowest BCUT2D eigenvalue weighted by Crippen LogP contribution is -2.23. The number of carbonyl (C=O) groups excluding carboxylic acids is 1. The van der Waals surface area contributed by atoms with Crippen molar-refractivity contribution in [2.24, 2.45) is 7.05 Å². The van der Waals surface area contributed by atoms with E-state index in [9.17, 15) is 19.7 Å². The molecule has 2 aromatic rings. The SMILES string of the molecule is Cn1[nH]c(=O)c2c1NC1=C(C(=O)CC1)C2c1coc([N+](=O)[O-])c1. The summed E-state index contributed by atoms with van der Waals surface area (Å²) in [7, 11) is 1.68. The van der Waals surface area contributed by atoms with Crippen LogP contribution in [-0.2, 0) is 11.8 Å². The van der Waals surface area contributed by atoms with Gasteiger partial charge in [-0.1, -0.05) is 0 Å². The molecule has 0 radical (unpaired) electrons. The van der Waals surface area contributed by atoms with Crippen molar-refractivity contribution in [1.82, 2.24) is 9.78 Å². The molecule has 1 atom stereocenters.